The van der Waals surface area contributed by atoms with Gasteiger partial charge in [0.2, 0.25) is 15.9 Å². The van der Waals surface area contributed by atoms with Gasteiger partial charge in [-0.2, -0.15) is 0 Å². The van der Waals surface area contributed by atoms with Gasteiger partial charge in [0, 0.05) is 6.07 Å². The number of nitrogens with one attached hydrogen (secondary N) is 1. The van der Waals surface area contributed by atoms with E-state index in [4.69, 9.17) is 9.47 Å². The number of sulfonamides is 1. The molecule has 7 nitrogen and oxygen atoms in total. The van der Waals surface area contributed by atoms with Gasteiger partial charge in [0.15, 0.2) is 11.5 Å². The Morgan fingerprint density at radius 1 is 1.11 bits per heavy atom. The van der Waals surface area contributed by atoms with Gasteiger partial charge in [0.25, 0.3) is 0 Å². The predicted molar refractivity (Wildman–Crippen MR) is 103 cm³/mol. The Labute approximate surface area is 158 Å². The van der Waals surface area contributed by atoms with Crippen molar-refractivity contribution in [2.45, 2.75) is 13.0 Å². The zero-order valence-corrected chi connectivity index (χ0v) is 16.0. The molecule has 0 aromatic heterocycles. The fourth-order valence-corrected chi connectivity index (χ4v) is 3.68. The fourth-order valence-electron chi connectivity index (χ4n) is 2.83. The maximum Gasteiger partial charge on any atom is 0.241 e. The van der Waals surface area contributed by atoms with Gasteiger partial charge in [0.1, 0.15) is 19.8 Å². The fraction of sp³-hybridized carbons (Fsp3) is 0.316. The number of hydrogen-bond acceptors (Lipinski definition) is 5. The maximum atomic E-state index is 12.5. The third kappa shape index (κ3) is 4.71. The van der Waals surface area contributed by atoms with Crippen molar-refractivity contribution in [3.05, 3.63) is 54.1 Å². The molecule has 144 valence electrons. The number of carbonyl (C=O) groups is 1. The number of rotatable bonds is 6. The van der Waals surface area contributed by atoms with Crippen molar-refractivity contribution < 1.29 is 22.7 Å². The Balaban J connectivity index is 1.77. The van der Waals surface area contributed by atoms with Gasteiger partial charge in [-0.25, -0.2) is 8.42 Å². The Bertz CT molecular complexity index is 915. The average molecular weight is 390 g/mol. The molecule has 1 N–H and O–H groups in total. The van der Waals surface area contributed by atoms with E-state index in [1.165, 1.54) is 0 Å². The highest BCUT2D eigenvalue weighted by molar-refractivity contribution is 7.92. The van der Waals surface area contributed by atoms with Crippen LogP contribution in [0.5, 0.6) is 11.5 Å². The molecule has 2 aromatic carbocycles. The lowest BCUT2D eigenvalue weighted by atomic mass is 10.1. The molecule has 0 radical (unpaired) electrons. The number of ether oxygens (including phenoxy) is 2. The summed E-state index contributed by atoms with van der Waals surface area (Å²) >= 11 is 0. The molecule has 1 aliphatic rings. The van der Waals surface area contributed by atoms with Crippen molar-refractivity contribution in [1.82, 2.24) is 5.32 Å². The van der Waals surface area contributed by atoms with Crippen LogP contribution >= 0.6 is 0 Å². The second-order valence-electron chi connectivity index (χ2n) is 6.30. The van der Waals surface area contributed by atoms with Crippen molar-refractivity contribution in [3.63, 3.8) is 0 Å². The third-order valence-electron chi connectivity index (χ3n) is 4.18. The summed E-state index contributed by atoms with van der Waals surface area (Å²) in [5.74, 6) is 0.623. The Morgan fingerprint density at radius 2 is 1.78 bits per heavy atom. The molecule has 1 aliphatic heterocycles. The van der Waals surface area contributed by atoms with E-state index in [2.05, 4.69) is 5.32 Å². The molecule has 1 heterocycles. The van der Waals surface area contributed by atoms with Gasteiger partial charge in [-0.1, -0.05) is 30.3 Å². The largest absolute Gasteiger partial charge is 0.486 e. The van der Waals surface area contributed by atoms with Crippen molar-refractivity contribution in [2.75, 3.05) is 30.3 Å². The third-order valence-corrected chi connectivity index (χ3v) is 5.32. The van der Waals surface area contributed by atoms with Crippen LogP contribution < -0.4 is 19.1 Å². The number of nitrogens with zero attached hydrogens (tertiary/aromatic N) is 1. The molecule has 1 amide bonds. The highest BCUT2D eigenvalue weighted by atomic mass is 32.2. The minimum Gasteiger partial charge on any atom is -0.486 e. The topological polar surface area (TPSA) is 84.9 Å². The second-order valence-corrected chi connectivity index (χ2v) is 8.20. The zero-order valence-electron chi connectivity index (χ0n) is 15.2. The maximum absolute atomic E-state index is 12.5. The molecule has 0 aliphatic carbocycles. The standard InChI is InChI=1S/C19H22N2O5S/c1-14(15-6-4-3-5-7-15)20-19(22)13-21(27(2,23)24)16-8-9-17-18(12-16)26-11-10-25-17/h3-9,12,14H,10-11,13H2,1-2H3,(H,20,22). The molecular weight excluding hydrogens is 368 g/mol. The molecule has 27 heavy (non-hydrogen) atoms. The quantitative estimate of drug-likeness (QED) is 0.817. The first-order chi connectivity index (χ1) is 12.8. The van der Waals surface area contributed by atoms with Crippen molar-refractivity contribution in [3.8, 4) is 11.5 Å². The van der Waals surface area contributed by atoms with Crippen LogP contribution in [0.15, 0.2) is 48.5 Å². The van der Waals surface area contributed by atoms with E-state index in [1.807, 2.05) is 37.3 Å². The molecular formula is C19H22N2O5S. The minimum absolute atomic E-state index is 0.236. The first kappa shape index (κ1) is 19.0. The van der Waals surface area contributed by atoms with Gasteiger partial charge in [-0.3, -0.25) is 9.10 Å². The lowest BCUT2D eigenvalue weighted by molar-refractivity contribution is -0.120. The summed E-state index contributed by atoms with van der Waals surface area (Å²) < 4.78 is 36.5. The molecule has 3 rings (SSSR count). The smallest absolute Gasteiger partial charge is 0.241 e. The molecule has 0 bridgehead atoms. The normalized spacial score (nSPS) is 14.3. The molecule has 0 saturated carbocycles. The van der Waals surface area contributed by atoms with Crippen molar-refractivity contribution in [1.29, 1.82) is 0 Å². The lowest BCUT2D eigenvalue weighted by Gasteiger charge is -2.25. The SMILES string of the molecule is CC(NC(=O)CN(c1ccc2c(c1)OCCO2)S(C)(=O)=O)c1ccccc1. The number of amides is 1. The van der Waals surface area contributed by atoms with E-state index < -0.39 is 15.9 Å². The van der Waals surface area contributed by atoms with E-state index in [0.717, 1.165) is 16.1 Å². The Morgan fingerprint density at radius 3 is 2.44 bits per heavy atom. The van der Waals surface area contributed by atoms with E-state index in [1.54, 1.807) is 18.2 Å². The summed E-state index contributed by atoms with van der Waals surface area (Å²) in [7, 11) is -3.66. The summed E-state index contributed by atoms with van der Waals surface area (Å²) in [5.41, 5.74) is 1.29. The number of anilines is 1. The molecule has 0 fully saturated rings. The van der Waals surface area contributed by atoms with Crippen molar-refractivity contribution >= 4 is 21.6 Å². The first-order valence-electron chi connectivity index (χ1n) is 8.56. The van der Waals surface area contributed by atoms with Crippen LogP contribution in [0.1, 0.15) is 18.5 Å². The summed E-state index contributed by atoms with van der Waals surface area (Å²) in [6.07, 6.45) is 1.07. The summed E-state index contributed by atoms with van der Waals surface area (Å²) in [4.78, 5) is 12.5. The molecule has 8 heteroatoms. The summed E-state index contributed by atoms with van der Waals surface area (Å²) in [5, 5.41) is 2.83. The van der Waals surface area contributed by atoms with E-state index >= 15 is 0 Å². The predicted octanol–water partition coefficient (Wildman–Crippen LogP) is 2.10. The van der Waals surface area contributed by atoms with Gasteiger partial charge >= 0.3 is 0 Å². The molecule has 2 aromatic rings. The van der Waals surface area contributed by atoms with E-state index in [-0.39, 0.29) is 12.6 Å². The average Bonchev–Trinajstić information content (AvgIpc) is 2.65. The molecule has 1 atom stereocenters. The zero-order chi connectivity index (χ0) is 19.4. The van der Waals surface area contributed by atoms with Gasteiger partial charge < -0.3 is 14.8 Å². The highest BCUT2D eigenvalue weighted by Crippen LogP contribution is 2.34. The van der Waals surface area contributed by atoms with Crippen LogP contribution in [0.4, 0.5) is 5.69 Å². The number of benzene rings is 2. The first-order valence-corrected chi connectivity index (χ1v) is 10.4. The molecule has 1 unspecified atom stereocenters. The van der Waals surface area contributed by atoms with E-state index in [0.29, 0.717) is 30.4 Å². The van der Waals surface area contributed by atoms with Crippen LogP contribution in [0.25, 0.3) is 0 Å². The summed E-state index contributed by atoms with van der Waals surface area (Å²) in [6, 6.07) is 14.1. The summed E-state index contributed by atoms with van der Waals surface area (Å²) in [6.45, 7) is 2.37. The highest BCUT2D eigenvalue weighted by Gasteiger charge is 2.24. The monoisotopic (exact) mass is 390 g/mol. The number of carbonyl (C=O) groups excluding carboxylic acids is 1. The van der Waals surface area contributed by atoms with Gasteiger partial charge in [0.05, 0.1) is 18.0 Å². The molecule has 0 spiro atoms. The van der Waals surface area contributed by atoms with Crippen LogP contribution in [0.3, 0.4) is 0 Å². The minimum atomic E-state index is -3.66. The molecule has 0 saturated heterocycles. The van der Waals surface area contributed by atoms with Gasteiger partial charge in [-0.15, -0.1) is 0 Å². The van der Waals surface area contributed by atoms with Crippen LogP contribution in [0.2, 0.25) is 0 Å². The van der Waals surface area contributed by atoms with Crippen LogP contribution in [-0.2, 0) is 14.8 Å². The van der Waals surface area contributed by atoms with E-state index in [9.17, 15) is 13.2 Å². The Hall–Kier alpha value is -2.74. The van der Waals surface area contributed by atoms with Crippen molar-refractivity contribution in [2.24, 2.45) is 0 Å². The van der Waals surface area contributed by atoms with Crippen LogP contribution in [-0.4, -0.2) is 40.3 Å². The number of fused-ring (bicyclic) bond motifs is 1. The lowest BCUT2D eigenvalue weighted by Crippen LogP contribution is -2.41. The Kier molecular flexibility index (Phi) is 5.55. The second kappa shape index (κ2) is 7.87. The van der Waals surface area contributed by atoms with Gasteiger partial charge in [-0.05, 0) is 24.6 Å². The van der Waals surface area contributed by atoms with Crippen LogP contribution in [0, 0.1) is 0 Å². The number of hydrogen-bond donors (Lipinski definition) is 1.